The van der Waals surface area contributed by atoms with E-state index >= 15 is 0 Å². The Morgan fingerprint density at radius 1 is 0.500 bits per heavy atom. The minimum atomic E-state index is 0. The first-order valence-corrected chi connectivity index (χ1v) is 0. The van der Waals surface area contributed by atoms with E-state index in [1.54, 1.807) is 0 Å². The van der Waals surface area contributed by atoms with E-state index in [1.807, 2.05) is 0 Å². The molecular formula is Cl2INa3. The molecule has 0 bridgehead atoms. The second-order valence-electron chi connectivity index (χ2n) is 0. The van der Waals surface area contributed by atoms with E-state index in [0.717, 1.165) is 0 Å². The van der Waals surface area contributed by atoms with E-state index in [2.05, 4.69) is 0 Å². The molecule has 0 atom stereocenters. The van der Waals surface area contributed by atoms with Crippen LogP contribution in [-0.4, -0.2) is 0 Å². The summed E-state index contributed by atoms with van der Waals surface area (Å²) in [5, 5.41) is 0. The molecule has 0 spiro atoms. The van der Waals surface area contributed by atoms with E-state index in [0.29, 0.717) is 0 Å². The summed E-state index contributed by atoms with van der Waals surface area (Å²) in [6, 6.07) is 0. The summed E-state index contributed by atoms with van der Waals surface area (Å²) in [4.78, 5) is 0. The van der Waals surface area contributed by atoms with Crippen LogP contribution >= 0.6 is 0 Å². The minimum Gasteiger partial charge on any atom is -1.00 e. The van der Waals surface area contributed by atoms with Gasteiger partial charge in [-0.3, -0.25) is 0 Å². The first-order chi connectivity index (χ1) is 0. The predicted octanol–water partition coefficient (Wildman–Crippen LogP) is -18.0. The van der Waals surface area contributed by atoms with Gasteiger partial charge in [0.1, 0.15) is 0 Å². The molecule has 0 aromatic carbocycles. The van der Waals surface area contributed by atoms with Crippen molar-refractivity contribution in [2.45, 2.75) is 0 Å². The number of hydrogen-bond donors (Lipinski definition) is 0. The molecule has 0 saturated heterocycles. The van der Waals surface area contributed by atoms with Gasteiger partial charge < -0.3 is 48.8 Å². The molecule has 0 rings (SSSR count). The molecule has 0 fully saturated rings. The zero-order valence-electron chi connectivity index (χ0n) is 4.13. The van der Waals surface area contributed by atoms with Crippen molar-refractivity contribution >= 4 is 0 Å². The van der Waals surface area contributed by atoms with Crippen LogP contribution in [0.15, 0.2) is 0 Å². The summed E-state index contributed by atoms with van der Waals surface area (Å²) in [5.41, 5.74) is 0. The van der Waals surface area contributed by atoms with Gasteiger partial charge in [0.25, 0.3) is 0 Å². The van der Waals surface area contributed by atoms with Gasteiger partial charge >= 0.3 is 88.7 Å². The second kappa shape index (κ2) is 34.6. The number of halogens is 3. The van der Waals surface area contributed by atoms with Crippen molar-refractivity contribution in [2.75, 3.05) is 0 Å². The van der Waals surface area contributed by atoms with Crippen LogP contribution in [0, 0.1) is 0 Å². The van der Waals surface area contributed by atoms with Crippen LogP contribution in [-0.2, 0) is 0 Å². The van der Waals surface area contributed by atoms with Crippen molar-refractivity contribution < 1.29 is 137 Å². The largest absolute Gasteiger partial charge is 1.00 e. The molecule has 24 valence electrons. The molecule has 0 saturated carbocycles. The van der Waals surface area contributed by atoms with Crippen LogP contribution in [0.5, 0.6) is 0 Å². The van der Waals surface area contributed by atoms with Crippen LogP contribution in [0.1, 0.15) is 0 Å². The Morgan fingerprint density at radius 3 is 0.500 bits per heavy atom. The topological polar surface area (TPSA) is 0 Å². The Balaban J connectivity index is 0. The summed E-state index contributed by atoms with van der Waals surface area (Å²) in [6.45, 7) is 0. The maximum Gasteiger partial charge on any atom is 1.00 e. The fraction of sp³-hybridized carbons (Fsp3) is 0. The quantitative estimate of drug-likeness (QED) is 0.302. The standard InChI is InChI=1S/2ClH.HI.3Na/h3*1H;;;/q;;;3*+1/p-3. The smallest absolute Gasteiger partial charge is 1.00 e. The number of hydrogen-bond acceptors (Lipinski definition) is 0. The Labute approximate surface area is 134 Å². The van der Waals surface area contributed by atoms with E-state index < -0.39 is 0 Å². The van der Waals surface area contributed by atoms with Crippen LogP contribution in [0.2, 0.25) is 0 Å². The Bertz CT molecular complexity index is 8.75. The molecule has 6 heteroatoms. The van der Waals surface area contributed by atoms with Gasteiger partial charge in [0.2, 0.25) is 0 Å². The zero-order chi connectivity index (χ0) is 0. The predicted molar refractivity (Wildman–Crippen MR) is 0 cm³/mol. The molecule has 0 amide bonds. The Hall–Kier alpha value is 4.31. The molecule has 0 aliphatic carbocycles. The van der Waals surface area contributed by atoms with Crippen LogP contribution < -0.4 is 137 Å². The average Bonchev–Trinajstić information content (AvgIpc) is 0. The molecule has 0 nitrogen and oxygen atoms in total. The Morgan fingerprint density at radius 2 is 0.500 bits per heavy atom. The van der Waals surface area contributed by atoms with Gasteiger partial charge in [-0.15, -0.1) is 0 Å². The van der Waals surface area contributed by atoms with E-state index in [4.69, 9.17) is 0 Å². The summed E-state index contributed by atoms with van der Waals surface area (Å²) < 4.78 is 0. The van der Waals surface area contributed by atoms with Gasteiger partial charge in [0.05, 0.1) is 0 Å². The third kappa shape index (κ3) is 23.9. The van der Waals surface area contributed by atoms with Gasteiger partial charge in [0, 0.05) is 0 Å². The Kier molecular flexibility index (Phi) is 277. The molecule has 0 aliphatic rings. The van der Waals surface area contributed by atoms with Gasteiger partial charge in [-0.1, -0.05) is 0 Å². The molecule has 0 aliphatic heterocycles. The minimum absolute atomic E-state index is 0. The summed E-state index contributed by atoms with van der Waals surface area (Å²) >= 11 is 0. The molecule has 0 aromatic rings. The van der Waals surface area contributed by atoms with Crippen molar-refractivity contribution in [3.05, 3.63) is 0 Å². The van der Waals surface area contributed by atoms with E-state index in [-0.39, 0.29) is 137 Å². The third-order valence-electron chi connectivity index (χ3n) is 0. The second-order valence-corrected chi connectivity index (χ2v) is 0. The summed E-state index contributed by atoms with van der Waals surface area (Å²) in [5.74, 6) is 0. The maximum absolute atomic E-state index is 0. The molecule has 0 aromatic heterocycles. The van der Waals surface area contributed by atoms with Gasteiger partial charge in [-0.05, 0) is 0 Å². The van der Waals surface area contributed by atoms with Gasteiger partial charge in [0.15, 0.2) is 0 Å². The molecule has 0 heterocycles. The maximum atomic E-state index is 0. The molecule has 0 radical (unpaired) electrons. The van der Waals surface area contributed by atoms with Gasteiger partial charge in [-0.25, -0.2) is 0 Å². The normalized spacial score (nSPS) is 0. The van der Waals surface area contributed by atoms with Crippen molar-refractivity contribution in [3.63, 3.8) is 0 Å². The SMILES string of the molecule is [Cl-].[Cl-].[I-].[Na+].[Na+].[Na+]. The first kappa shape index (κ1) is 48.1. The average molecular weight is 267 g/mol. The zero-order valence-corrected chi connectivity index (χ0v) is 13.8. The van der Waals surface area contributed by atoms with Crippen LogP contribution in [0.3, 0.4) is 0 Å². The van der Waals surface area contributed by atoms with Gasteiger partial charge in [-0.2, -0.15) is 0 Å². The van der Waals surface area contributed by atoms with Crippen LogP contribution in [0.4, 0.5) is 0 Å². The van der Waals surface area contributed by atoms with Crippen LogP contribution in [0.25, 0.3) is 0 Å². The fourth-order valence-electron chi connectivity index (χ4n) is 0. The van der Waals surface area contributed by atoms with Crippen molar-refractivity contribution in [1.29, 1.82) is 0 Å². The third-order valence-corrected chi connectivity index (χ3v) is 0. The summed E-state index contributed by atoms with van der Waals surface area (Å²) in [6.07, 6.45) is 0. The molecule has 6 heavy (non-hydrogen) atoms. The summed E-state index contributed by atoms with van der Waals surface area (Å²) in [7, 11) is 0. The first-order valence-electron chi connectivity index (χ1n) is 0. The molecule has 0 unspecified atom stereocenters. The van der Waals surface area contributed by atoms with Crippen molar-refractivity contribution in [2.24, 2.45) is 0 Å². The van der Waals surface area contributed by atoms with Crippen molar-refractivity contribution in [3.8, 4) is 0 Å². The molecule has 0 N–H and O–H groups in total. The monoisotopic (exact) mass is 266 g/mol. The van der Waals surface area contributed by atoms with E-state index in [9.17, 15) is 0 Å². The van der Waals surface area contributed by atoms with Crippen molar-refractivity contribution in [1.82, 2.24) is 0 Å². The fourth-order valence-corrected chi connectivity index (χ4v) is 0. The number of rotatable bonds is 0. The van der Waals surface area contributed by atoms with E-state index in [1.165, 1.54) is 0 Å². The molecular weight excluding hydrogens is 267 g/mol.